The molecule has 2 aromatic rings. The van der Waals surface area contributed by atoms with E-state index in [0.29, 0.717) is 17.2 Å². The Morgan fingerprint density at radius 3 is 2.54 bits per heavy atom. The average molecular weight is 409 g/mol. The van der Waals surface area contributed by atoms with Crippen molar-refractivity contribution >= 4 is 15.8 Å². The molecular weight excluding hydrogens is 380 g/mol. The van der Waals surface area contributed by atoms with Crippen LogP contribution in [0.2, 0.25) is 0 Å². The molecule has 1 atom stereocenters. The van der Waals surface area contributed by atoms with E-state index >= 15 is 0 Å². The van der Waals surface area contributed by atoms with Gasteiger partial charge in [-0.1, -0.05) is 11.6 Å². The third kappa shape index (κ3) is 4.18. The lowest BCUT2D eigenvalue weighted by Gasteiger charge is -2.24. The minimum absolute atomic E-state index is 0.0943. The first-order valence-corrected chi connectivity index (χ1v) is 10.8. The average Bonchev–Trinajstić information content (AvgIpc) is 3.01. The topological polar surface area (TPSA) is 104 Å². The molecule has 0 unspecified atom stereocenters. The highest BCUT2D eigenvalue weighted by molar-refractivity contribution is 7.89. The molecule has 1 N–H and O–H groups in total. The Hall–Kier alpha value is -2.04. The molecule has 28 heavy (non-hydrogen) atoms. The van der Waals surface area contributed by atoms with Gasteiger partial charge in [0.2, 0.25) is 10.0 Å². The van der Waals surface area contributed by atoms with Crippen LogP contribution in [0.4, 0.5) is 5.82 Å². The van der Waals surface area contributed by atoms with Crippen LogP contribution in [0.15, 0.2) is 15.5 Å². The first kappa shape index (κ1) is 20.7. The summed E-state index contributed by atoms with van der Waals surface area (Å²) in [6.45, 7) is 4.30. The summed E-state index contributed by atoms with van der Waals surface area (Å²) >= 11 is 0. The standard InChI is InChI=1S/C18H28N6O3S/c1-12-17(13(2)27-22-12)28(25,26)24(5)11-14-10-16(23(3)4)21-18(20-14)15-8-6-7-9-19-15/h10,15,19H,6-9,11H2,1-5H3/t15-/m0/s1. The Morgan fingerprint density at radius 2 is 1.96 bits per heavy atom. The third-order valence-corrected chi connectivity index (χ3v) is 6.93. The van der Waals surface area contributed by atoms with Crippen LogP contribution in [0.1, 0.15) is 48.3 Å². The van der Waals surface area contributed by atoms with Crippen molar-refractivity contribution in [2.45, 2.75) is 50.6 Å². The van der Waals surface area contributed by atoms with Gasteiger partial charge in [0.15, 0.2) is 5.76 Å². The first-order chi connectivity index (χ1) is 13.2. The quantitative estimate of drug-likeness (QED) is 0.771. The molecule has 0 aliphatic carbocycles. The number of aryl methyl sites for hydroxylation is 2. The molecule has 10 heteroatoms. The van der Waals surface area contributed by atoms with Crippen molar-refractivity contribution in [1.29, 1.82) is 0 Å². The summed E-state index contributed by atoms with van der Waals surface area (Å²) in [6.07, 6.45) is 3.25. The molecule has 0 saturated carbocycles. The lowest BCUT2D eigenvalue weighted by atomic mass is 10.0. The van der Waals surface area contributed by atoms with Gasteiger partial charge in [0.25, 0.3) is 0 Å². The van der Waals surface area contributed by atoms with Gasteiger partial charge in [0.05, 0.1) is 18.3 Å². The number of aromatic nitrogens is 3. The van der Waals surface area contributed by atoms with Gasteiger partial charge < -0.3 is 14.7 Å². The second kappa shape index (κ2) is 8.14. The van der Waals surface area contributed by atoms with Crippen LogP contribution in [0.5, 0.6) is 0 Å². The summed E-state index contributed by atoms with van der Waals surface area (Å²) in [7, 11) is 1.62. The normalized spacial score (nSPS) is 17.9. The molecule has 1 fully saturated rings. The van der Waals surface area contributed by atoms with Crippen molar-refractivity contribution < 1.29 is 12.9 Å². The molecular formula is C18H28N6O3S. The van der Waals surface area contributed by atoms with Gasteiger partial charge in [-0.3, -0.25) is 0 Å². The van der Waals surface area contributed by atoms with Gasteiger partial charge in [-0.05, 0) is 33.2 Å². The summed E-state index contributed by atoms with van der Waals surface area (Å²) in [5.74, 6) is 1.76. The predicted octanol–water partition coefficient (Wildman–Crippen LogP) is 1.78. The minimum atomic E-state index is -3.74. The smallest absolute Gasteiger partial charge is 0.248 e. The van der Waals surface area contributed by atoms with Gasteiger partial charge in [0, 0.05) is 27.2 Å². The Kier molecular flexibility index (Phi) is 6.01. The van der Waals surface area contributed by atoms with E-state index in [9.17, 15) is 8.42 Å². The molecule has 154 valence electrons. The van der Waals surface area contributed by atoms with Gasteiger partial charge in [-0.2, -0.15) is 4.31 Å². The van der Waals surface area contributed by atoms with E-state index in [1.807, 2.05) is 25.1 Å². The van der Waals surface area contributed by atoms with E-state index in [1.54, 1.807) is 13.8 Å². The summed E-state index contributed by atoms with van der Waals surface area (Å²) in [6, 6.07) is 1.92. The van der Waals surface area contributed by atoms with Crippen molar-refractivity contribution in [3.63, 3.8) is 0 Å². The molecule has 1 aliphatic rings. The van der Waals surface area contributed by atoms with E-state index in [0.717, 1.165) is 31.6 Å². The highest BCUT2D eigenvalue weighted by atomic mass is 32.2. The molecule has 3 heterocycles. The maximum atomic E-state index is 13.0. The van der Waals surface area contributed by atoms with Crippen LogP contribution in [-0.2, 0) is 16.6 Å². The Morgan fingerprint density at radius 1 is 1.21 bits per heavy atom. The molecule has 1 aliphatic heterocycles. The summed E-state index contributed by atoms with van der Waals surface area (Å²) in [5.41, 5.74) is 1.01. The fourth-order valence-electron chi connectivity index (χ4n) is 3.35. The van der Waals surface area contributed by atoms with Crippen molar-refractivity contribution in [1.82, 2.24) is 24.7 Å². The summed E-state index contributed by atoms with van der Waals surface area (Å²) < 4.78 is 32.3. The molecule has 0 amide bonds. The lowest BCUT2D eigenvalue weighted by Crippen LogP contribution is -2.31. The van der Waals surface area contributed by atoms with Gasteiger partial charge in [0.1, 0.15) is 22.2 Å². The number of sulfonamides is 1. The summed E-state index contributed by atoms with van der Waals surface area (Å²) in [4.78, 5) is 11.4. The van der Waals surface area contributed by atoms with Gasteiger partial charge >= 0.3 is 0 Å². The molecule has 0 spiro atoms. The number of piperidine rings is 1. The second-order valence-corrected chi connectivity index (χ2v) is 9.37. The number of anilines is 1. The van der Waals surface area contributed by atoms with Crippen LogP contribution >= 0.6 is 0 Å². The number of hydrogen-bond acceptors (Lipinski definition) is 8. The van der Waals surface area contributed by atoms with Crippen LogP contribution in [0, 0.1) is 13.8 Å². The van der Waals surface area contributed by atoms with E-state index in [-0.39, 0.29) is 23.2 Å². The zero-order chi connectivity index (χ0) is 20.5. The molecule has 2 aromatic heterocycles. The van der Waals surface area contributed by atoms with Crippen LogP contribution in [-0.4, -0.2) is 55.5 Å². The molecule has 9 nitrogen and oxygen atoms in total. The highest BCUT2D eigenvalue weighted by Gasteiger charge is 2.29. The van der Waals surface area contributed by atoms with E-state index in [1.165, 1.54) is 11.4 Å². The third-order valence-electron chi connectivity index (χ3n) is 4.88. The SMILES string of the molecule is Cc1noc(C)c1S(=O)(=O)N(C)Cc1cc(N(C)C)nc([C@@H]2CCCCN2)n1. The van der Waals surface area contributed by atoms with E-state index < -0.39 is 10.0 Å². The number of hydrogen-bond donors (Lipinski definition) is 1. The van der Waals surface area contributed by atoms with Crippen molar-refractivity contribution in [3.05, 3.63) is 29.0 Å². The Balaban J connectivity index is 1.91. The molecule has 0 aromatic carbocycles. The van der Waals surface area contributed by atoms with Crippen molar-refractivity contribution in [3.8, 4) is 0 Å². The van der Waals surface area contributed by atoms with Crippen molar-refractivity contribution in [2.75, 3.05) is 32.6 Å². The summed E-state index contributed by atoms with van der Waals surface area (Å²) in [5, 5.41) is 7.22. The van der Waals surface area contributed by atoms with Crippen molar-refractivity contribution in [2.24, 2.45) is 0 Å². The maximum Gasteiger partial charge on any atom is 0.248 e. The van der Waals surface area contributed by atoms with Gasteiger partial charge in [-0.25, -0.2) is 18.4 Å². The fraction of sp³-hybridized carbons (Fsp3) is 0.611. The molecule has 0 radical (unpaired) electrons. The van der Waals surface area contributed by atoms with Crippen LogP contribution in [0.3, 0.4) is 0 Å². The zero-order valence-electron chi connectivity index (χ0n) is 17.1. The maximum absolute atomic E-state index is 13.0. The molecule has 1 saturated heterocycles. The Bertz CT molecular complexity index is 915. The second-order valence-electron chi connectivity index (χ2n) is 7.39. The van der Waals surface area contributed by atoms with E-state index in [4.69, 9.17) is 4.52 Å². The number of nitrogens with zero attached hydrogens (tertiary/aromatic N) is 5. The highest BCUT2D eigenvalue weighted by Crippen LogP contribution is 2.25. The fourth-order valence-corrected chi connectivity index (χ4v) is 4.78. The monoisotopic (exact) mass is 408 g/mol. The minimum Gasteiger partial charge on any atom is -0.363 e. The van der Waals surface area contributed by atoms with Crippen LogP contribution in [0.25, 0.3) is 0 Å². The zero-order valence-corrected chi connectivity index (χ0v) is 17.9. The number of rotatable bonds is 6. The molecule has 0 bridgehead atoms. The van der Waals surface area contributed by atoms with Crippen LogP contribution < -0.4 is 10.2 Å². The lowest BCUT2D eigenvalue weighted by molar-refractivity contribution is 0.389. The number of nitrogens with one attached hydrogen (secondary N) is 1. The Labute approximate surface area is 166 Å². The largest absolute Gasteiger partial charge is 0.363 e. The predicted molar refractivity (Wildman–Crippen MR) is 106 cm³/mol. The van der Waals surface area contributed by atoms with E-state index in [2.05, 4.69) is 20.4 Å². The van der Waals surface area contributed by atoms with Gasteiger partial charge in [-0.15, -0.1) is 0 Å². The first-order valence-electron chi connectivity index (χ1n) is 9.38. The molecule has 3 rings (SSSR count).